The van der Waals surface area contributed by atoms with Gasteiger partial charge >= 0.3 is 5.97 Å². The Hall–Kier alpha value is -3.37. The molecule has 2 rings (SSSR count). The summed E-state index contributed by atoms with van der Waals surface area (Å²) < 4.78 is 4.78. The average Bonchev–Trinajstić information content (AvgIpc) is 2.75. The average molecular weight is 389 g/mol. The fourth-order valence-corrected chi connectivity index (χ4v) is 2.50. The zero-order valence-electron chi connectivity index (χ0n) is 16.8. The summed E-state index contributed by atoms with van der Waals surface area (Å²) in [6, 6.07) is 33.2. The molecule has 2 N–H and O–H groups in total. The number of carbonyl (C=O) groups excluding carboxylic acids is 1. The van der Waals surface area contributed by atoms with Crippen LogP contribution < -0.4 is 10.6 Å². The van der Waals surface area contributed by atoms with E-state index in [2.05, 4.69) is 22.8 Å². The number of nitrogens with one attached hydrogen (secondary N) is 2. The van der Waals surface area contributed by atoms with Crippen LogP contribution in [0.1, 0.15) is 15.9 Å². The summed E-state index contributed by atoms with van der Waals surface area (Å²) in [5, 5.41) is 6.84. The topological polar surface area (TPSA) is 50.4 Å². The lowest BCUT2D eigenvalue weighted by Crippen LogP contribution is -2.21. The normalized spacial score (nSPS) is 9.55. The van der Waals surface area contributed by atoms with E-state index in [0.717, 1.165) is 25.3 Å². The molecule has 29 heavy (non-hydrogen) atoms. The van der Waals surface area contributed by atoms with Gasteiger partial charge in [0, 0.05) is 25.3 Å². The molecule has 4 nitrogen and oxygen atoms in total. The van der Waals surface area contributed by atoms with Crippen molar-refractivity contribution in [1.29, 1.82) is 0 Å². The first-order valence-electron chi connectivity index (χ1n) is 9.63. The SMILES string of the molecule is COC(=O)c1cccccc(NCCNCc2ccccccccc2)ccc1. The van der Waals surface area contributed by atoms with Crippen LogP contribution in [0.5, 0.6) is 0 Å². The molecule has 0 saturated heterocycles. The van der Waals surface area contributed by atoms with E-state index in [1.165, 1.54) is 12.7 Å². The first kappa shape index (κ1) is 21.9. The van der Waals surface area contributed by atoms with Crippen molar-refractivity contribution in [3.05, 3.63) is 114 Å². The molecule has 0 aliphatic rings. The van der Waals surface area contributed by atoms with E-state index >= 15 is 0 Å². The van der Waals surface area contributed by atoms with E-state index in [0.29, 0.717) is 5.56 Å². The van der Waals surface area contributed by atoms with Crippen molar-refractivity contribution in [2.75, 3.05) is 25.5 Å². The van der Waals surface area contributed by atoms with Gasteiger partial charge in [0.05, 0.1) is 12.7 Å². The summed E-state index contributed by atoms with van der Waals surface area (Å²) in [5.74, 6) is -0.354. The second kappa shape index (κ2) is 13.7. The number of ether oxygens (including phenoxy) is 1. The molecule has 0 spiro atoms. The second-order valence-corrected chi connectivity index (χ2v) is 6.20. The van der Waals surface area contributed by atoms with Crippen LogP contribution in [0.4, 0.5) is 5.69 Å². The molecule has 0 aromatic heterocycles. The van der Waals surface area contributed by atoms with Gasteiger partial charge in [-0.3, -0.25) is 0 Å². The Morgan fingerprint density at radius 3 is 2.00 bits per heavy atom. The lowest BCUT2D eigenvalue weighted by Gasteiger charge is -2.07. The van der Waals surface area contributed by atoms with Gasteiger partial charge < -0.3 is 15.4 Å². The van der Waals surface area contributed by atoms with E-state index in [-0.39, 0.29) is 5.97 Å². The van der Waals surface area contributed by atoms with Crippen molar-refractivity contribution >= 4 is 11.7 Å². The molecule has 2 aromatic carbocycles. The Morgan fingerprint density at radius 2 is 1.28 bits per heavy atom. The maximum atomic E-state index is 11.7. The van der Waals surface area contributed by atoms with Gasteiger partial charge in [-0.2, -0.15) is 0 Å². The van der Waals surface area contributed by atoms with Crippen molar-refractivity contribution in [2.24, 2.45) is 0 Å². The van der Waals surface area contributed by atoms with Gasteiger partial charge in [0.15, 0.2) is 0 Å². The number of hydrogen-bond acceptors (Lipinski definition) is 4. The van der Waals surface area contributed by atoms with Crippen molar-refractivity contribution in [2.45, 2.75) is 6.54 Å². The van der Waals surface area contributed by atoms with Crippen molar-refractivity contribution in [3.8, 4) is 0 Å². The van der Waals surface area contributed by atoms with Crippen molar-refractivity contribution < 1.29 is 9.53 Å². The predicted octanol–water partition coefficient (Wildman–Crippen LogP) is 4.92. The first-order valence-corrected chi connectivity index (χ1v) is 9.63. The lowest BCUT2D eigenvalue weighted by molar-refractivity contribution is 0.0601. The third-order valence-corrected chi connectivity index (χ3v) is 3.99. The van der Waals surface area contributed by atoms with Gasteiger partial charge in [-0.1, -0.05) is 78.9 Å². The Balaban J connectivity index is 1.90. The molecule has 0 unspecified atom stereocenters. The highest BCUT2D eigenvalue weighted by atomic mass is 16.5. The molecule has 0 aliphatic carbocycles. The number of esters is 1. The standard InChI is InChI=1S/C25H28N2O2/c1-29-25(28)23-15-10-7-11-17-24(18-12-16-23)27-20-19-26-21-22-13-8-5-3-2-4-6-9-14-22/h2-18,26-27H,19-21H2,1H3. The summed E-state index contributed by atoms with van der Waals surface area (Å²) >= 11 is 0. The molecule has 0 heterocycles. The molecule has 150 valence electrons. The quantitative estimate of drug-likeness (QED) is 0.522. The zero-order valence-corrected chi connectivity index (χ0v) is 16.8. The maximum absolute atomic E-state index is 11.7. The van der Waals surface area contributed by atoms with Gasteiger partial charge in [-0.15, -0.1) is 0 Å². The van der Waals surface area contributed by atoms with Crippen molar-refractivity contribution in [1.82, 2.24) is 5.32 Å². The van der Waals surface area contributed by atoms with Crippen LogP contribution in [-0.2, 0) is 11.3 Å². The summed E-state index contributed by atoms with van der Waals surface area (Å²) in [7, 11) is 1.38. The number of hydrogen-bond donors (Lipinski definition) is 2. The molecular formula is C25H28N2O2. The van der Waals surface area contributed by atoms with Gasteiger partial charge in [-0.25, -0.2) is 4.79 Å². The van der Waals surface area contributed by atoms with E-state index in [1.54, 1.807) is 12.1 Å². The molecule has 0 bridgehead atoms. The van der Waals surface area contributed by atoms with Crippen molar-refractivity contribution in [3.63, 3.8) is 0 Å². The van der Waals surface area contributed by atoms with E-state index in [1.807, 2.05) is 78.9 Å². The monoisotopic (exact) mass is 388 g/mol. The smallest absolute Gasteiger partial charge is 0.337 e. The fraction of sp³-hybridized carbons (Fsp3) is 0.160. The third-order valence-electron chi connectivity index (χ3n) is 3.99. The van der Waals surface area contributed by atoms with Gasteiger partial charge in [-0.05, 0) is 29.8 Å². The van der Waals surface area contributed by atoms with Crippen LogP contribution in [0.2, 0.25) is 0 Å². The number of rotatable bonds is 7. The minimum Gasteiger partial charge on any atom is -0.465 e. The Kier molecular flexibility index (Phi) is 10.4. The highest BCUT2D eigenvalue weighted by molar-refractivity contribution is 5.88. The van der Waals surface area contributed by atoms with Gasteiger partial charge in [0.2, 0.25) is 0 Å². The van der Waals surface area contributed by atoms with E-state index in [4.69, 9.17) is 4.74 Å². The molecule has 0 fully saturated rings. The van der Waals surface area contributed by atoms with E-state index < -0.39 is 0 Å². The summed E-state index contributed by atoms with van der Waals surface area (Å²) in [5.41, 5.74) is 2.69. The fourth-order valence-electron chi connectivity index (χ4n) is 2.50. The Morgan fingerprint density at radius 1 is 0.724 bits per heavy atom. The summed E-state index contributed by atoms with van der Waals surface area (Å²) in [6.45, 7) is 2.40. The number of anilines is 1. The van der Waals surface area contributed by atoms with Crippen LogP contribution in [-0.4, -0.2) is 26.2 Å². The summed E-state index contributed by atoms with van der Waals surface area (Å²) in [4.78, 5) is 11.7. The van der Waals surface area contributed by atoms with E-state index in [9.17, 15) is 4.79 Å². The molecule has 0 radical (unpaired) electrons. The minimum atomic E-state index is -0.354. The Labute approximate surface area is 173 Å². The first-order chi connectivity index (χ1) is 14.3. The molecule has 4 heteroatoms. The third kappa shape index (κ3) is 9.40. The zero-order chi connectivity index (χ0) is 20.6. The molecule has 0 amide bonds. The predicted molar refractivity (Wildman–Crippen MR) is 120 cm³/mol. The highest BCUT2D eigenvalue weighted by Gasteiger charge is 2.00. The molecule has 0 aliphatic heterocycles. The second-order valence-electron chi connectivity index (χ2n) is 6.20. The van der Waals surface area contributed by atoms with Crippen LogP contribution >= 0.6 is 0 Å². The highest BCUT2D eigenvalue weighted by Crippen LogP contribution is 2.04. The largest absolute Gasteiger partial charge is 0.465 e. The molecular weight excluding hydrogens is 360 g/mol. The molecule has 0 atom stereocenters. The summed E-state index contributed by atoms with van der Waals surface area (Å²) in [6.07, 6.45) is 0. The number of carbonyl (C=O) groups is 1. The minimum absolute atomic E-state index is 0.354. The molecule has 0 saturated carbocycles. The molecule has 2 aromatic rings. The van der Waals surface area contributed by atoms with Crippen LogP contribution in [0.25, 0.3) is 0 Å². The van der Waals surface area contributed by atoms with Gasteiger partial charge in [0.1, 0.15) is 0 Å². The lowest BCUT2D eigenvalue weighted by atomic mass is 10.2. The maximum Gasteiger partial charge on any atom is 0.337 e. The van der Waals surface area contributed by atoms with Crippen LogP contribution in [0, 0.1) is 0 Å². The Bertz CT molecular complexity index is 856. The van der Waals surface area contributed by atoms with Crippen LogP contribution in [0.15, 0.2) is 103 Å². The van der Waals surface area contributed by atoms with Gasteiger partial charge in [0.25, 0.3) is 0 Å². The number of methoxy groups -OCH3 is 1. The van der Waals surface area contributed by atoms with Crippen LogP contribution in [0.3, 0.4) is 0 Å².